The fraction of sp³-hybridized carbons (Fsp3) is 0.462. The molecule has 0 amide bonds. The van der Waals surface area contributed by atoms with Crippen LogP contribution in [-0.4, -0.2) is 7.11 Å². The van der Waals surface area contributed by atoms with Crippen LogP contribution in [0, 0.1) is 17.2 Å². The Balaban J connectivity index is 2.46. The van der Waals surface area contributed by atoms with Gasteiger partial charge in [0.15, 0.2) is 0 Å². The SMILES string of the molecule is COc1ccc(Cl)cc1C1(C#N)CC(C)C1. The summed E-state index contributed by atoms with van der Waals surface area (Å²) in [7, 11) is 1.62. The third-order valence-corrected chi connectivity index (χ3v) is 3.52. The normalized spacial score (nSPS) is 28.0. The van der Waals surface area contributed by atoms with Crippen LogP contribution in [-0.2, 0) is 5.41 Å². The molecule has 0 saturated heterocycles. The molecule has 1 aromatic rings. The van der Waals surface area contributed by atoms with E-state index in [1.807, 2.05) is 12.1 Å². The van der Waals surface area contributed by atoms with Gasteiger partial charge >= 0.3 is 0 Å². The lowest BCUT2D eigenvalue weighted by atomic mass is 9.60. The second-order valence-electron chi connectivity index (χ2n) is 4.55. The molecule has 1 aliphatic carbocycles. The molecule has 0 heterocycles. The number of hydrogen-bond donors (Lipinski definition) is 0. The highest BCUT2D eigenvalue weighted by atomic mass is 35.5. The van der Waals surface area contributed by atoms with Crippen molar-refractivity contribution < 1.29 is 4.74 Å². The number of nitrogens with zero attached hydrogens (tertiary/aromatic N) is 1. The van der Waals surface area contributed by atoms with Gasteiger partial charge in [-0.1, -0.05) is 18.5 Å². The van der Waals surface area contributed by atoms with Crippen LogP contribution in [0.1, 0.15) is 25.3 Å². The lowest BCUT2D eigenvalue weighted by Gasteiger charge is -2.41. The topological polar surface area (TPSA) is 33.0 Å². The summed E-state index contributed by atoms with van der Waals surface area (Å²) < 4.78 is 5.31. The van der Waals surface area contributed by atoms with E-state index in [0.717, 1.165) is 24.2 Å². The zero-order valence-corrected chi connectivity index (χ0v) is 10.2. The zero-order valence-electron chi connectivity index (χ0n) is 9.46. The van der Waals surface area contributed by atoms with Crippen molar-refractivity contribution in [1.29, 1.82) is 5.26 Å². The minimum absolute atomic E-state index is 0.393. The molecule has 0 N–H and O–H groups in total. The van der Waals surface area contributed by atoms with Crippen LogP contribution in [0.2, 0.25) is 5.02 Å². The van der Waals surface area contributed by atoms with Crippen LogP contribution in [0.4, 0.5) is 0 Å². The first-order valence-electron chi connectivity index (χ1n) is 5.36. The molecule has 0 radical (unpaired) electrons. The first-order valence-corrected chi connectivity index (χ1v) is 5.74. The lowest BCUT2D eigenvalue weighted by Crippen LogP contribution is -2.38. The van der Waals surface area contributed by atoms with E-state index in [1.54, 1.807) is 13.2 Å². The minimum Gasteiger partial charge on any atom is -0.496 e. The van der Waals surface area contributed by atoms with E-state index in [4.69, 9.17) is 16.3 Å². The molecule has 84 valence electrons. The highest BCUT2D eigenvalue weighted by molar-refractivity contribution is 6.30. The third kappa shape index (κ3) is 1.66. The number of benzene rings is 1. The predicted molar refractivity (Wildman–Crippen MR) is 63.7 cm³/mol. The molecule has 3 heteroatoms. The summed E-state index contributed by atoms with van der Waals surface area (Å²) in [5.41, 5.74) is 0.540. The monoisotopic (exact) mass is 235 g/mol. The number of halogens is 1. The largest absolute Gasteiger partial charge is 0.496 e. The Kier molecular flexibility index (Phi) is 2.82. The molecule has 0 aromatic heterocycles. The summed E-state index contributed by atoms with van der Waals surface area (Å²) in [6.07, 6.45) is 1.78. The van der Waals surface area contributed by atoms with Gasteiger partial charge in [0.2, 0.25) is 0 Å². The second-order valence-corrected chi connectivity index (χ2v) is 4.99. The number of rotatable bonds is 2. The van der Waals surface area contributed by atoms with Crippen LogP contribution >= 0.6 is 11.6 Å². The van der Waals surface area contributed by atoms with E-state index >= 15 is 0 Å². The van der Waals surface area contributed by atoms with Gasteiger partial charge in [-0.25, -0.2) is 0 Å². The van der Waals surface area contributed by atoms with Crippen molar-refractivity contribution in [2.75, 3.05) is 7.11 Å². The number of nitriles is 1. The molecule has 16 heavy (non-hydrogen) atoms. The number of methoxy groups -OCH3 is 1. The summed E-state index contributed by atoms with van der Waals surface area (Å²) >= 11 is 5.99. The quantitative estimate of drug-likeness (QED) is 0.786. The van der Waals surface area contributed by atoms with Crippen molar-refractivity contribution in [3.63, 3.8) is 0 Å². The second kappa shape index (κ2) is 3.99. The summed E-state index contributed by atoms with van der Waals surface area (Å²) in [6.45, 7) is 2.16. The Morgan fingerprint density at radius 3 is 2.69 bits per heavy atom. The molecular formula is C13H14ClNO. The van der Waals surface area contributed by atoms with E-state index in [2.05, 4.69) is 13.0 Å². The zero-order chi connectivity index (χ0) is 11.8. The maximum atomic E-state index is 9.37. The van der Waals surface area contributed by atoms with Gasteiger partial charge in [0.05, 0.1) is 18.6 Å². The minimum atomic E-state index is -0.393. The Labute approximate surface area is 101 Å². The molecule has 0 atom stereocenters. The van der Waals surface area contributed by atoms with Crippen molar-refractivity contribution >= 4 is 11.6 Å². The highest BCUT2D eigenvalue weighted by Crippen LogP contribution is 2.50. The fourth-order valence-electron chi connectivity index (χ4n) is 2.56. The van der Waals surface area contributed by atoms with Gasteiger partial charge in [-0.15, -0.1) is 0 Å². The van der Waals surface area contributed by atoms with Gasteiger partial charge in [0.1, 0.15) is 5.75 Å². The van der Waals surface area contributed by atoms with Crippen LogP contribution in [0.15, 0.2) is 18.2 Å². The molecule has 1 aromatic carbocycles. The van der Waals surface area contributed by atoms with E-state index in [1.165, 1.54) is 0 Å². The summed E-state index contributed by atoms with van der Waals surface area (Å²) in [5.74, 6) is 1.36. The maximum absolute atomic E-state index is 9.37. The molecule has 2 rings (SSSR count). The van der Waals surface area contributed by atoms with E-state index < -0.39 is 5.41 Å². The Morgan fingerprint density at radius 2 is 2.19 bits per heavy atom. The fourth-order valence-corrected chi connectivity index (χ4v) is 2.73. The van der Waals surface area contributed by atoms with Crippen LogP contribution in [0.3, 0.4) is 0 Å². The van der Waals surface area contributed by atoms with E-state index in [0.29, 0.717) is 10.9 Å². The van der Waals surface area contributed by atoms with Crippen LogP contribution in [0.5, 0.6) is 5.75 Å². The van der Waals surface area contributed by atoms with Crippen molar-refractivity contribution in [3.05, 3.63) is 28.8 Å². The molecular weight excluding hydrogens is 222 g/mol. The van der Waals surface area contributed by atoms with Crippen molar-refractivity contribution in [1.82, 2.24) is 0 Å². The Hall–Kier alpha value is -1.20. The van der Waals surface area contributed by atoms with Gasteiger partial charge in [0.25, 0.3) is 0 Å². The van der Waals surface area contributed by atoms with Crippen molar-refractivity contribution in [2.45, 2.75) is 25.2 Å². The van der Waals surface area contributed by atoms with Crippen molar-refractivity contribution in [3.8, 4) is 11.8 Å². The number of ether oxygens (including phenoxy) is 1. The average Bonchev–Trinajstić information content (AvgIpc) is 2.24. The van der Waals surface area contributed by atoms with Crippen LogP contribution in [0.25, 0.3) is 0 Å². The molecule has 0 spiro atoms. The van der Waals surface area contributed by atoms with Gasteiger partial charge in [-0.05, 0) is 37.0 Å². The average molecular weight is 236 g/mol. The van der Waals surface area contributed by atoms with E-state index in [-0.39, 0.29) is 0 Å². The standard InChI is InChI=1S/C13H14ClNO/c1-9-6-13(7-9,8-15)11-5-10(14)3-4-12(11)16-2/h3-5,9H,6-7H2,1-2H3. The molecule has 0 aliphatic heterocycles. The molecule has 0 unspecified atom stereocenters. The summed E-state index contributed by atoms with van der Waals surface area (Å²) in [6, 6.07) is 7.90. The first kappa shape index (κ1) is 11.3. The smallest absolute Gasteiger partial charge is 0.123 e. The third-order valence-electron chi connectivity index (χ3n) is 3.28. The van der Waals surface area contributed by atoms with Gasteiger partial charge in [0, 0.05) is 10.6 Å². The summed E-state index contributed by atoms with van der Waals surface area (Å²) in [4.78, 5) is 0. The maximum Gasteiger partial charge on any atom is 0.123 e. The van der Waals surface area contributed by atoms with Crippen molar-refractivity contribution in [2.24, 2.45) is 5.92 Å². The first-order chi connectivity index (χ1) is 7.61. The van der Waals surface area contributed by atoms with E-state index in [9.17, 15) is 5.26 Å². The Bertz CT molecular complexity index is 444. The lowest BCUT2D eigenvalue weighted by molar-refractivity contribution is 0.211. The molecule has 1 fully saturated rings. The summed E-state index contributed by atoms with van der Waals surface area (Å²) in [5, 5.41) is 10.0. The number of hydrogen-bond acceptors (Lipinski definition) is 2. The van der Waals surface area contributed by atoms with Crippen LogP contribution < -0.4 is 4.74 Å². The van der Waals surface area contributed by atoms with Gasteiger partial charge in [-0.3, -0.25) is 0 Å². The Morgan fingerprint density at radius 1 is 1.50 bits per heavy atom. The van der Waals surface area contributed by atoms with Gasteiger partial charge in [-0.2, -0.15) is 5.26 Å². The molecule has 0 bridgehead atoms. The van der Waals surface area contributed by atoms with Gasteiger partial charge < -0.3 is 4.74 Å². The molecule has 1 aliphatic rings. The predicted octanol–water partition coefficient (Wildman–Crippen LogP) is 3.54. The molecule has 2 nitrogen and oxygen atoms in total. The molecule has 1 saturated carbocycles. The highest BCUT2D eigenvalue weighted by Gasteiger charge is 2.45.